The number of hydrogen-bond donors (Lipinski definition) is 2. The summed E-state index contributed by atoms with van der Waals surface area (Å²) in [6, 6.07) is 10.2. The number of hydrogen-bond acceptors (Lipinski definition) is 3. The predicted octanol–water partition coefficient (Wildman–Crippen LogP) is 3.19. The number of carbonyl (C=O) groups is 2. The van der Waals surface area contributed by atoms with Gasteiger partial charge in [0.25, 0.3) is 11.8 Å². The Morgan fingerprint density at radius 3 is 2.33 bits per heavy atom. The van der Waals surface area contributed by atoms with Crippen LogP contribution in [0.2, 0.25) is 0 Å². The first kappa shape index (κ1) is 17.6. The first-order valence-corrected chi connectivity index (χ1v) is 7.12. The number of halogens is 2. The Morgan fingerprint density at radius 2 is 1.71 bits per heavy atom. The lowest BCUT2D eigenvalue weighted by atomic mass is 10.2. The molecule has 0 heterocycles. The molecule has 0 aromatic heterocycles. The molecule has 5 nitrogen and oxygen atoms in total. The molecule has 24 heavy (non-hydrogen) atoms. The molecular weight excluding hydrogens is 318 g/mol. The largest absolute Gasteiger partial charge is 0.372 e. The minimum absolute atomic E-state index is 0.245. The Labute approximate surface area is 137 Å². The smallest absolute Gasteiger partial charge is 0.255 e. The Kier molecular flexibility index (Phi) is 5.59. The van der Waals surface area contributed by atoms with Crippen LogP contribution in [-0.4, -0.2) is 25.0 Å². The van der Waals surface area contributed by atoms with Crippen molar-refractivity contribution >= 4 is 23.2 Å². The van der Waals surface area contributed by atoms with Crippen LogP contribution in [0.25, 0.3) is 0 Å². The van der Waals surface area contributed by atoms with Crippen molar-refractivity contribution in [3.05, 3.63) is 59.7 Å². The van der Waals surface area contributed by atoms with Crippen LogP contribution in [0.1, 0.15) is 17.3 Å². The molecule has 2 aromatic rings. The number of carbonyl (C=O) groups excluding carboxylic acids is 2. The van der Waals surface area contributed by atoms with Crippen LogP contribution in [-0.2, 0) is 9.53 Å². The molecule has 0 bridgehead atoms. The molecule has 2 amide bonds. The van der Waals surface area contributed by atoms with E-state index >= 15 is 0 Å². The zero-order chi connectivity index (χ0) is 17.7. The second-order valence-electron chi connectivity index (χ2n) is 4.97. The van der Waals surface area contributed by atoms with E-state index in [4.69, 9.17) is 4.74 Å². The van der Waals surface area contributed by atoms with E-state index in [9.17, 15) is 18.4 Å². The van der Waals surface area contributed by atoms with Crippen LogP contribution in [0.3, 0.4) is 0 Å². The molecule has 7 heteroatoms. The fourth-order valence-corrected chi connectivity index (χ4v) is 1.88. The summed E-state index contributed by atoms with van der Waals surface area (Å²) >= 11 is 0. The molecule has 0 saturated heterocycles. The fraction of sp³-hybridized carbons (Fsp3) is 0.176. The van der Waals surface area contributed by atoms with Crippen LogP contribution in [0, 0.1) is 11.6 Å². The van der Waals surface area contributed by atoms with Crippen molar-refractivity contribution in [1.29, 1.82) is 0 Å². The van der Waals surface area contributed by atoms with Crippen LogP contribution < -0.4 is 10.6 Å². The highest BCUT2D eigenvalue weighted by molar-refractivity contribution is 6.05. The van der Waals surface area contributed by atoms with Crippen molar-refractivity contribution in [2.24, 2.45) is 0 Å². The van der Waals surface area contributed by atoms with Crippen molar-refractivity contribution in [1.82, 2.24) is 0 Å². The van der Waals surface area contributed by atoms with Gasteiger partial charge in [-0.3, -0.25) is 9.59 Å². The molecule has 2 rings (SSSR count). The van der Waals surface area contributed by atoms with Gasteiger partial charge in [-0.25, -0.2) is 8.78 Å². The average molecular weight is 334 g/mol. The van der Waals surface area contributed by atoms with Crippen molar-refractivity contribution in [2.45, 2.75) is 13.0 Å². The topological polar surface area (TPSA) is 67.4 Å². The maximum absolute atomic E-state index is 14.4. The molecule has 2 N–H and O–H groups in total. The Balaban J connectivity index is 2.25. The number of nitrogens with one attached hydrogen (secondary N) is 2. The van der Waals surface area contributed by atoms with Gasteiger partial charge in [0.2, 0.25) is 0 Å². The van der Waals surface area contributed by atoms with E-state index in [2.05, 4.69) is 10.6 Å². The van der Waals surface area contributed by atoms with Gasteiger partial charge in [0.15, 0.2) is 5.82 Å². The van der Waals surface area contributed by atoms with Crippen molar-refractivity contribution in [3.8, 4) is 0 Å². The first-order chi connectivity index (χ1) is 11.4. The lowest BCUT2D eigenvalue weighted by Gasteiger charge is -2.14. The van der Waals surface area contributed by atoms with E-state index in [0.717, 1.165) is 12.1 Å². The Hall–Kier alpha value is -2.80. The Bertz CT molecular complexity index is 751. The van der Waals surface area contributed by atoms with Gasteiger partial charge in [-0.15, -0.1) is 0 Å². The van der Waals surface area contributed by atoms with E-state index in [1.165, 1.54) is 14.0 Å². The van der Waals surface area contributed by atoms with Gasteiger partial charge in [-0.05, 0) is 31.2 Å². The SMILES string of the molecule is CO[C@H](C)C(=O)Nc1c(F)ccc(NC(=O)c2ccccc2)c1F. The summed E-state index contributed by atoms with van der Waals surface area (Å²) < 4.78 is 33.0. The molecule has 0 saturated carbocycles. The molecule has 126 valence electrons. The number of methoxy groups -OCH3 is 1. The third-order valence-electron chi connectivity index (χ3n) is 3.35. The second kappa shape index (κ2) is 7.65. The van der Waals surface area contributed by atoms with Gasteiger partial charge in [-0.2, -0.15) is 0 Å². The lowest BCUT2D eigenvalue weighted by Crippen LogP contribution is -2.27. The maximum Gasteiger partial charge on any atom is 0.255 e. The van der Waals surface area contributed by atoms with Crippen LogP contribution >= 0.6 is 0 Å². The van der Waals surface area contributed by atoms with Gasteiger partial charge in [0, 0.05) is 12.7 Å². The standard InChI is InChI=1S/C17H16F2N2O3/c1-10(24-2)16(22)21-15-12(18)8-9-13(14(15)19)20-17(23)11-6-4-3-5-7-11/h3-10H,1-2H3,(H,20,23)(H,21,22)/t10-/m1/s1. The summed E-state index contributed by atoms with van der Waals surface area (Å²) in [5, 5.41) is 4.46. The summed E-state index contributed by atoms with van der Waals surface area (Å²) in [4.78, 5) is 23.8. The number of benzene rings is 2. The third kappa shape index (κ3) is 3.94. The Morgan fingerprint density at radius 1 is 1.04 bits per heavy atom. The third-order valence-corrected chi connectivity index (χ3v) is 3.35. The molecule has 1 atom stereocenters. The number of amides is 2. The van der Waals surface area contributed by atoms with Gasteiger partial charge < -0.3 is 15.4 Å². The number of anilines is 2. The van der Waals surface area contributed by atoms with Crippen LogP contribution in [0.5, 0.6) is 0 Å². The quantitative estimate of drug-likeness (QED) is 0.882. The van der Waals surface area contributed by atoms with Gasteiger partial charge in [0.1, 0.15) is 17.6 Å². The highest BCUT2D eigenvalue weighted by Gasteiger charge is 2.20. The molecular formula is C17H16F2N2O3. The number of rotatable bonds is 5. The van der Waals surface area contributed by atoms with Crippen molar-refractivity contribution in [3.63, 3.8) is 0 Å². The van der Waals surface area contributed by atoms with Gasteiger partial charge in [-0.1, -0.05) is 18.2 Å². The molecule has 0 unspecified atom stereocenters. The highest BCUT2D eigenvalue weighted by atomic mass is 19.1. The van der Waals surface area contributed by atoms with Gasteiger partial charge in [0.05, 0.1) is 5.69 Å². The summed E-state index contributed by atoms with van der Waals surface area (Å²) in [5.74, 6) is -3.29. The van der Waals surface area contributed by atoms with Crippen molar-refractivity contribution < 1.29 is 23.1 Å². The van der Waals surface area contributed by atoms with Crippen molar-refractivity contribution in [2.75, 3.05) is 17.7 Å². The number of ether oxygens (including phenoxy) is 1. The summed E-state index contributed by atoms with van der Waals surface area (Å²) in [6.07, 6.45) is -0.883. The summed E-state index contributed by atoms with van der Waals surface area (Å²) in [5.41, 5.74) is -0.569. The van der Waals surface area contributed by atoms with E-state index < -0.39 is 35.2 Å². The molecule has 0 aliphatic heterocycles. The first-order valence-electron chi connectivity index (χ1n) is 7.12. The van der Waals surface area contributed by atoms with Gasteiger partial charge >= 0.3 is 0 Å². The lowest BCUT2D eigenvalue weighted by molar-refractivity contribution is -0.124. The zero-order valence-corrected chi connectivity index (χ0v) is 13.1. The van der Waals surface area contributed by atoms with E-state index in [0.29, 0.717) is 5.56 Å². The fourth-order valence-electron chi connectivity index (χ4n) is 1.88. The summed E-state index contributed by atoms with van der Waals surface area (Å²) in [7, 11) is 1.30. The highest BCUT2D eigenvalue weighted by Crippen LogP contribution is 2.26. The monoisotopic (exact) mass is 334 g/mol. The van der Waals surface area contributed by atoms with Crippen LogP contribution in [0.15, 0.2) is 42.5 Å². The molecule has 0 radical (unpaired) electrons. The second-order valence-corrected chi connectivity index (χ2v) is 4.97. The van der Waals surface area contributed by atoms with E-state index in [-0.39, 0.29) is 5.69 Å². The molecule has 2 aromatic carbocycles. The molecule has 0 spiro atoms. The molecule has 0 aliphatic rings. The summed E-state index contributed by atoms with van der Waals surface area (Å²) in [6.45, 7) is 1.44. The molecule has 0 aliphatic carbocycles. The normalized spacial score (nSPS) is 11.7. The minimum Gasteiger partial charge on any atom is -0.372 e. The predicted molar refractivity (Wildman–Crippen MR) is 85.9 cm³/mol. The van der Waals surface area contributed by atoms with E-state index in [1.54, 1.807) is 30.3 Å². The minimum atomic E-state index is -1.07. The average Bonchev–Trinajstić information content (AvgIpc) is 2.60. The van der Waals surface area contributed by atoms with Crippen LogP contribution in [0.4, 0.5) is 20.2 Å². The molecule has 0 fully saturated rings. The maximum atomic E-state index is 14.4. The zero-order valence-electron chi connectivity index (χ0n) is 13.1. The van der Waals surface area contributed by atoms with E-state index in [1.807, 2.05) is 0 Å².